The minimum absolute atomic E-state index is 1.22. The van der Waals surface area contributed by atoms with Crippen molar-refractivity contribution in [1.82, 2.24) is 0 Å². The van der Waals surface area contributed by atoms with Crippen molar-refractivity contribution in [1.29, 1.82) is 0 Å². The number of benzene rings is 2. The van der Waals surface area contributed by atoms with Crippen molar-refractivity contribution < 1.29 is 9.13 Å². The summed E-state index contributed by atoms with van der Waals surface area (Å²) in [6.07, 6.45) is 4.22. The molecule has 29 heavy (non-hydrogen) atoms. The van der Waals surface area contributed by atoms with Crippen molar-refractivity contribution in [3.8, 4) is 33.6 Å². The van der Waals surface area contributed by atoms with Crippen LogP contribution in [0.3, 0.4) is 0 Å². The zero-order valence-corrected chi connectivity index (χ0v) is 17.9. The minimum Gasteiger partial charge on any atom is -0.201 e. The van der Waals surface area contributed by atoms with Crippen molar-refractivity contribution in [3.05, 3.63) is 95.8 Å². The van der Waals surface area contributed by atoms with Gasteiger partial charge in [-0.1, -0.05) is 23.8 Å². The molecule has 0 aliphatic rings. The van der Waals surface area contributed by atoms with Crippen molar-refractivity contribution in [3.63, 3.8) is 0 Å². The Bertz CT molecular complexity index is 1140. The predicted molar refractivity (Wildman–Crippen MR) is 119 cm³/mol. The monoisotopic (exact) mass is 380 g/mol. The molecule has 0 aliphatic carbocycles. The highest BCUT2D eigenvalue weighted by molar-refractivity contribution is 5.82. The van der Waals surface area contributed by atoms with E-state index in [0.29, 0.717) is 0 Å². The van der Waals surface area contributed by atoms with Crippen LogP contribution in [0.25, 0.3) is 33.6 Å². The van der Waals surface area contributed by atoms with Gasteiger partial charge in [-0.2, -0.15) is 0 Å². The Morgan fingerprint density at radius 3 is 1.62 bits per heavy atom. The molecule has 0 fully saturated rings. The quantitative estimate of drug-likeness (QED) is 0.428. The first-order valence-electron chi connectivity index (χ1n) is 10.1. The number of pyridine rings is 2. The van der Waals surface area contributed by atoms with Gasteiger partial charge in [-0.3, -0.25) is 0 Å². The van der Waals surface area contributed by atoms with E-state index in [1.165, 1.54) is 50.3 Å². The van der Waals surface area contributed by atoms with Crippen molar-refractivity contribution >= 4 is 0 Å². The Kier molecular flexibility index (Phi) is 5.02. The summed E-state index contributed by atoms with van der Waals surface area (Å²) in [4.78, 5) is 0. The summed E-state index contributed by atoms with van der Waals surface area (Å²) >= 11 is 0. The van der Waals surface area contributed by atoms with Crippen LogP contribution < -0.4 is 9.13 Å². The molecule has 2 nitrogen and oxygen atoms in total. The first-order chi connectivity index (χ1) is 14.0. The Labute approximate surface area is 173 Å². The highest BCUT2D eigenvalue weighted by atomic mass is 14.9. The highest BCUT2D eigenvalue weighted by Gasteiger charge is 2.21. The van der Waals surface area contributed by atoms with Gasteiger partial charge < -0.3 is 0 Å². The van der Waals surface area contributed by atoms with Crippen molar-refractivity contribution in [2.75, 3.05) is 0 Å². The van der Waals surface area contributed by atoms with Crippen LogP contribution in [0.5, 0.6) is 0 Å². The Morgan fingerprint density at radius 1 is 0.586 bits per heavy atom. The van der Waals surface area contributed by atoms with Gasteiger partial charge in [0.25, 0.3) is 0 Å². The number of nitrogens with zero attached hydrogens (tertiary/aromatic N) is 2. The molecule has 4 rings (SSSR count). The van der Waals surface area contributed by atoms with E-state index in [1.54, 1.807) is 0 Å². The summed E-state index contributed by atoms with van der Waals surface area (Å²) < 4.78 is 4.39. The Hall–Kier alpha value is -3.26. The molecule has 0 bridgehead atoms. The number of aromatic nitrogens is 2. The highest BCUT2D eigenvalue weighted by Crippen LogP contribution is 2.36. The second kappa shape index (κ2) is 7.63. The van der Waals surface area contributed by atoms with Crippen LogP contribution >= 0.6 is 0 Å². The fourth-order valence-corrected chi connectivity index (χ4v) is 4.15. The summed E-state index contributed by atoms with van der Waals surface area (Å²) in [6.45, 7) is 6.58. The number of rotatable bonds is 3. The van der Waals surface area contributed by atoms with E-state index >= 15 is 0 Å². The molecule has 144 valence electrons. The maximum absolute atomic E-state index is 2.34. The van der Waals surface area contributed by atoms with Crippen LogP contribution in [-0.2, 0) is 14.1 Å². The maximum atomic E-state index is 2.34. The average molecular weight is 381 g/mol. The predicted octanol–water partition coefficient (Wildman–Crippen LogP) is 5.26. The molecule has 0 saturated carbocycles. The van der Waals surface area contributed by atoms with Crippen LogP contribution in [-0.4, -0.2) is 0 Å². The third-order valence-electron chi connectivity index (χ3n) is 5.76. The van der Waals surface area contributed by atoms with Gasteiger partial charge in [0.1, 0.15) is 14.1 Å². The molecule has 2 aromatic carbocycles. The van der Waals surface area contributed by atoms with Crippen molar-refractivity contribution in [2.24, 2.45) is 14.1 Å². The molecule has 2 aromatic heterocycles. The molecule has 0 unspecified atom stereocenters. The minimum atomic E-state index is 1.22. The Morgan fingerprint density at radius 2 is 1.14 bits per heavy atom. The van der Waals surface area contributed by atoms with Crippen LogP contribution in [0.1, 0.15) is 16.7 Å². The zero-order chi connectivity index (χ0) is 20.5. The Balaban J connectivity index is 2.05. The van der Waals surface area contributed by atoms with Gasteiger partial charge in [0, 0.05) is 24.3 Å². The van der Waals surface area contributed by atoms with Crippen LogP contribution in [0.4, 0.5) is 0 Å². The lowest BCUT2D eigenvalue weighted by Crippen LogP contribution is -2.31. The molecule has 2 heteroatoms. The normalized spacial score (nSPS) is 10.9. The molecule has 0 amide bonds. The van der Waals surface area contributed by atoms with E-state index < -0.39 is 0 Å². The topological polar surface area (TPSA) is 7.76 Å². The van der Waals surface area contributed by atoms with Gasteiger partial charge in [0.15, 0.2) is 12.4 Å². The molecule has 4 aromatic rings. The van der Waals surface area contributed by atoms with Crippen molar-refractivity contribution in [2.45, 2.75) is 20.8 Å². The third kappa shape index (κ3) is 3.58. The number of hydrogen-bond acceptors (Lipinski definition) is 0. The molecular weight excluding hydrogens is 352 g/mol. The third-order valence-corrected chi connectivity index (χ3v) is 5.76. The van der Waals surface area contributed by atoms with E-state index in [1.807, 2.05) is 0 Å². The molecule has 0 atom stereocenters. The SMILES string of the molecule is Cc1ccc(-c2cc(-c3cccc[n+]3C)c(C)c(-c3cccc[n+]3C)c2)c(C)c1. The molecule has 0 aliphatic heterocycles. The number of hydrogen-bond donors (Lipinski definition) is 0. The molecule has 0 saturated heterocycles. The lowest BCUT2D eigenvalue weighted by molar-refractivity contribution is -0.660. The van der Waals surface area contributed by atoms with Gasteiger partial charge in [-0.25, -0.2) is 9.13 Å². The van der Waals surface area contributed by atoms with Gasteiger partial charge >= 0.3 is 0 Å². The molecule has 2 heterocycles. The van der Waals surface area contributed by atoms with Crippen LogP contribution in [0.15, 0.2) is 79.1 Å². The van der Waals surface area contributed by atoms with Crippen LogP contribution in [0, 0.1) is 20.8 Å². The van der Waals surface area contributed by atoms with E-state index in [2.05, 4.69) is 123 Å². The molecular formula is C27H28N2+2. The van der Waals surface area contributed by atoms with E-state index in [4.69, 9.17) is 0 Å². The summed E-state index contributed by atoms with van der Waals surface area (Å²) in [5.74, 6) is 0. The van der Waals surface area contributed by atoms with Crippen LogP contribution in [0.2, 0.25) is 0 Å². The molecule has 0 N–H and O–H groups in total. The van der Waals surface area contributed by atoms with E-state index in [-0.39, 0.29) is 0 Å². The fraction of sp³-hybridized carbons (Fsp3) is 0.185. The molecule has 0 radical (unpaired) electrons. The summed E-state index contributed by atoms with van der Waals surface area (Å²) in [5.41, 5.74) is 11.4. The number of aryl methyl sites for hydroxylation is 4. The second-order valence-corrected chi connectivity index (χ2v) is 7.91. The largest absolute Gasteiger partial charge is 0.212 e. The standard InChI is InChI=1S/C27H28N2/c1-19-12-13-23(20(2)16-19)22-17-24(26-10-6-8-14-28(26)4)21(3)25(18-22)27-11-7-9-15-29(27)5/h6-18H,1-5H3/q+2. The average Bonchev–Trinajstić information content (AvgIpc) is 2.70. The van der Waals surface area contributed by atoms with E-state index in [0.717, 1.165) is 0 Å². The maximum Gasteiger partial charge on any atom is 0.212 e. The van der Waals surface area contributed by atoms with Gasteiger partial charge in [-0.05, 0) is 67.3 Å². The smallest absolute Gasteiger partial charge is 0.201 e. The molecule has 0 spiro atoms. The summed E-state index contributed by atoms with van der Waals surface area (Å²) in [6, 6.07) is 24.2. The fourth-order valence-electron chi connectivity index (χ4n) is 4.15. The second-order valence-electron chi connectivity index (χ2n) is 7.91. The first-order valence-corrected chi connectivity index (χ1v) is 10.1. The van der Waals surface area contributed by atoms with Gasteiger partial charge in [0.2, 0.25) is 11.4 Å². The van der Waals surface area contributed by atoms with Gasteiger partial charge in [0.05, 0.1) is 11.1 Å². The summed E-state index contributed by atoms with van der Waals surface area (Å²) in [5, 5.41) is 0. The van der Waals surface area contributed by atoms with E-state index in [9.17, 15) is 0 Å². The lowest BCUT2D eigenvalue weighted by atomic mass is 9.89. The zero-order valence-electron chi connectivity index (χ0n) is 17.9. The lowest BCUT2D eigenvalue weighted by Gasteiger charge is -2.14. The van der Waals surface area contributed by atoms with Gasteiger partial charge in [-0.15, -0.1) is 0 Å². The summed E-state index contributed by atoms with van der Waals surface area (Å²) in [7, 11) is 4.22. The first kappa shape index (κ1) is 19.1.